The summed E-state index contributed by atoms with van der Waals surface area (Å²) in [6.45, 7) is 5.40. The fraction of sp³-hybridized carbons (Fsp3) is 0.667. The van der Waals surface area contributed by atoms with E-state index < -0.39 is 0 Å². The molecule has 1 fully saturated rings. The van der Waals surface area contributed by atoms with Crippen molar-refractivity contribution in [3.05, 3.63) is 21.6 Å². The molecule has 0 aromatic carbocycles. The van der Waals surface area contributed by atoms with E-state index in [4.69, 9.17) is 5.73 Å². The van der Waals surface area contributed by atoms with Crippen LogP contribution >= 0.6 is 0 Å². The van der Waals surface area contributed by atoms with Gasteiger partial charge in [0.2, 0.25) is 5.95 Å². The zero-order chi connectivity index (χ0) is 12.6. The first-order chi connectivity index (χ1) is 8.00. The summed E-state index contributed by atoms with van der Waals surface area (Å²) in [6, 6.07) is 0.183. The number of nitrogens with zero attached hydrogens (tertiary/aromatic N) is 3. The van der Waals surface area contributed by atoms with Crippen molar-refractivity contribution in [2.75, 3.05) is 18.0 Å². The van der Waals surface area contributed by atoms with E-state index in [1.54, 1.807) is 11.6 Å². The van der Waals surface area contributed by atoms with Crippen LogP contribution in [0.2, 0.25) is 0 Å². The van der Waals surface area contributed by atoms with Gasteiger partial charge < -0.3 is 10.6 Å². The summed E-state index contributed by atoms with van der Waals surface area (Å²) in [5, 5.41) is 0. The van der Waals surface area contributed by atoms with Crippen molar-refractivity contribution < 1.29 is 0 Å². The van der Waals surface area contributed by atoms with Crippen LogP contribution in [0.15, 0.2) is 4.79 Å². The highest BCUT2D eigenvalue weighted by atomic mass is 16.1. The Bertz CT molecular complexity index is 480. The lowest BCUT2D eigenvalue weighted by molar-refractivity contribution is 0.492. The molecule has 0 saturated carbocycles. The molecule has 0 aliphatic carbocycles. The molecule has 1 atom stereocenters. The molecule has 1 aliphatic heterocycles. The molecule has 17 heavy (non-hydrogen) atoms. The van der Waals surface area contributed by atoms with E-state index in [-0.39, 0.29) is 11.6 Å². The lowest BCUT2D eigenvalue weighted by Gasteiger charge is -2.32. The van der Waals surface area contributed by atoms with E-state index in [1.807, 2.05) is 13.8 Å². The van der Waals surface area contributed by atoms with E-state index >= 15 is 0 Å². The van der Waals surface area contributed by atoms with Crippen LogP contribution in [-0.4, -0.2) is 28.7 Å². The Hall–Kier alpha value is -1.36. The van der Waals surface area contributed by atoms with Gasteiger partial charge in [0.25, 0.3) is 5.56 Å². The minimum absolute atomic E-state index is 0.0339. The first-order valence-corrected chi connectivity index (χ1v) is 6.05. The molecule has 5 nitrogen and oxygen atoms in total. The third kappa shape index (κ3) is 2.20. The maximum absolute atomic E-state index is 12.0. The molecule has 2 heterocycles. The van der Waals surface area contributed by atoms with Crippen molar-refractivity contribution in [1.82, 2.24) is 9.55 Å². The highest BCUT2D eigenvalue weighted by Gasteiger charge is 2.21. The zero-order valence-electron chi connectivity index (χ0n) is 10.7. The second kappa shape index (κ2) is 4.49. The molecule has 0 bridgehead atoms. The molecule has 1 aromatic heterocycles. The van der Waals surface area contributed by atoms with Crippen molar-refractivity contribution in [3.63, 3.8) is 0 Å². The molecule has 2 rings (SSSR count). The number of anilines is 1. The summed E-state index contributed by atoms with van der Waals surface area (Å²) in [5.41, 5.74) is 7.52. The summed E-state index contributed by atoms with van der Waals surface area (Å²) in [5.74, 6) is 0.744. The number of nitrogens with two attached hydrogens (primary N) is 1. The lowest BCUT2D eigenvalue weighted by Crippen LogP contribution is -2.45. The Morgan fingerprint density at radius 3 is 2.76 bits per heavy atom. The Labute approximate surface area is 101 Å². The van der Waals surface area contributed by atoms with Crippen molar-refractivity contribution in [2.45, 2.75) is 32.7 Å². The Morgan fingerprint density at radius 1 is 1.41 bits per heavy atom. The van der Waals surface area contributed by atoms with Crippen LogP contribution in [-0.2, 0) is 7.05 Å². The zero-order valence-corrected chi connectivity index (χ0v) is 10.7. The van der Waals surface area contributed by atoms with E-state index in [1.165, 1.54) is 0 Å². The van der Waals surface area contributed by atoms with Gasteiger partial charge >= 0.3 is 0 Å². The van der Waals surface area contributed by atoms with Crippen LogP contribution in [0.3, 0.4) is 0 Å². The highest BCUT2D eigenvalue weighted by molar-refractivity contribution is 5.35. The predicted molar refractivity (Wildman–Crippen MR) is 68.4 cm³/mol. The number of rotatable bonds is 1. The lowest BCUT2D eigenvalue weighted by atomic mass is 10.1. The molecule has 0 spiro atoms. The van der Waals surface area contributed by atoms with Gasteiger partial charge in [0.15, 0.2) is 0 Å². The van der Waals surface area contributed by atoms with Crippen LogP contribution in [0.4, 0.5) is 5.95 Å². The first kappa shape index (κ1) is 12.1. The summed E-state index contributed by atoms with van der Waals surface area (Å²) < 4.78 is 1.63. The standard InChI is InChI=1S/C12H20N4O/c1-8-9(2)14-12(15(3)11(8)17)16-6-4-5-10(13)7-16/h10H,4-7,13H2,1-3H3. The summed E-state index contributed by atoms with van der Waals surface area (Å²) >= 11 is 0. The molecule has 0 radical (unpaired) electrons. The topological polar surface area (TPSA) is 64.2 Å². The maximum Gasteiger partial charge on any atom is 0.257 e. The average molecular weight is 236 g/mol. The minimum atomic E-state index is 0.0339. The molecule has 2 N–H and O–H groups in total. The second-order valence-electron chi connectivity index (χ2n) is 4.83. The van der Waals surface area contributed by atoms with Gasteiger partial charge in [-0.15, -0.1) is 0 Å². The smallest absolute Gasteiger partial charge is 0.257 e. The Balaban J connectivity index is 2.42. The van der Waals surface area contributed by atoms with Crippen molar-refractivity contribution in [3.8, 4) is 0 Å². The van der Waals surface area contributed by atoms with E-state index in [2.05, 4.69) is 9.88 Å². The van der Waals surface area contributed by atoms with Crippen LogP contribution in [0.1, 0.15) is 24.1 Å². The summed E-state index contributed by atoms with van der Waals surface area (Å²) in [7, 11) is 1.78. The fourth-order valence-corrected chi connectivity index (χ4v) is 2.28. The van der Waals surface area contributed by atoms with Gasteiger partial charge in [0, 0.05) is 37.4 Å². The van der Waals surface area contributed by atoms with Crippen molar-refractivity contribution in [2.24, 2.45) is 12.8 Å². The Morgan fingerprint density at radius 2 is 2.12 bits per heavy atom. The van der Waals surface area contributed by atoms with E-state index in [9.17, 15) is 4.79 Å². The summed E-state index contributed by atoms with van der Waals surface area (Å²) in [6.07, 6.45) is 2.11. The van der Waals surface area contributed by atoms with Crippen molar-refractivity contribution in [1.29, 1.82) is 0 Å². The summed E-state index contributed by atoms with van der Waals surface area (Å²) in [4.78, 5) is 18.6. The van der Waals surface area contributed by atoms with Gasteiger partial charge in [-0.2, -0.15) is 0 Å². The third-order valence-electron chi connectivity index (χ3n) is 3.48. The molecular formula is C12H20N4O. The number of aromatic nitrogens is 2. The van der Waals surface area contributed by atoms with E-state index in [0.717, 1.165) is 43.1 Å². The molecule has 1 aromatic rings. The maximum atomic E-state index is 12.0. The van der Waals surface area contributed by atoms with Gasteiger partial charge in [0.05, 0.1) is 0 Å². The van der Waals surface area contributed by atoms with Gasteiger partial charge in [-0.3, -0.25) is 9.36 Å². The van der Waals surface area contributed by atoms with Gasteiger partial charge in [-0.1, -0.05) is 0 Å². The van der Waals surface area contributed by atoms with Gasteiger partial charge in [-0.05, 0) is 26.7 Å². The molecular weight excluding hydrogens is 216 g/mol. The molecule has 94 valence electrons. The predicted octanol–water partition coefficient (Wildman–Crippen LogP) is 0.325. The third-order valence-corrected chi connectivity index (χ3v) is 3.48. The first-order valence-electron chi connectivity index (χ1n) is 6.05. The normalized spacial score (nSPS) is 20.7. The molecule has 5 heteroatoms. The average Bonchev–Trinajstić information content (AvgIpc) is 2.31. The monoisotopic (exact) mass is 236 g/mol. The Kier molecular flexibility index (Phi) is 3.19. The van der Waals surface area contributed by atoms with Gasteiger partial charge in [-0.25, -0.2) is 4.98 Å². The van der Waals surface area contributed by atoms with Crippen LogP contribution in [0, 0.1) is 13.8 Å². The van der Waals surface area contributed by atoms with Crippen LogP contribution < -0.4 is 16.2 Å². The number of piperidine rings is 1. The fourth-order valence-electron chi connectivity index (χ4n) is 2.28. The van der Waals surface area contributed by atoms with Crippen LogP contribution in [0.25, 0.3) is 0 Å². The minimum Gasteiger partial charge on any atom is -0.341 e. The number of hydrogen-bond donors (Lipinski definition) is 1. The quantitative estimate of drug-likeness (QED) is 0.763. The van der Waals surface area contributed by atoms with Crippen molar-refractivity contribution >= 4 is 5.95 Å². The van der Waals surface area contributed by atoms with Gasteiger partial charge in [0.1, 0.15) is 0 Å². The van der Waals surface area contributed by atoms with E-state index in [0.29, 0.717) is 0 Å². The highest BCUT2D eigenvalue weighted by Crippen LogP contribution is 2.16. The van der Waals surface area contributed by atoms with Crippen LogP contribution in [0.5, 0.6) is 0 Å². The molecule has 1 unspecified atom stereocenters. The molecule has 1 saturated heterocycles. The number of aryl methyl sites for hydroxylation is 1. The SMILES string of the molecule is Cc1nc(N2CCCC(N)C2)n(C)c(=O)c1C. The number of hydrogen-bond acceptors (Lipinski definition) is 4. The molecule has 1 aliphatic rings. The second-order valence-corrected chi connectivity index (χ2v) is 4.83. The molecule has 0 amide bonds. The largest absolute Gasteiger partial charge is 0.341 e.